The number of aryl methyl sites for hydroxylation is 1. The van der Waals surface area contributed by atoms with Gasteiger partial charge in [-0.3, -0.25) is 9.48 Å². The second-order valence-corrected chi connectivity index (χ2v) is 4.84. The molecule has 0 aliphatic heterocycles. The van der Waals surface area contributed by atoms with Crippen molar-refractivity contribution >= 4 is 11.7 Å². The molecular weight excluding hydrogens is 266 g/mol. The first-order valence-electron chi connectivity index (χ1n) is 7.15. The number of carbonyl (C=O) groups is 1. The van der Waals surface area contributed by atoms with Crippen LogP contribution in [0.3, 0.4) is 0 Å². The van der Waals surface area contributed by atoms with E-state index in [1.54, 1.807) is 23.0 Å². The van der Waals surface area contributed by atoms with Crippen LogP contribution in [0.2, 0.25) is 0 Å². The molecule has 0 radical (unpaired) electrons. The summed E-state index contributed by atoms with van der Waals surface area (Å²) in [5, 5.41) is 10.3. The number of aromatic nitrogens is 3. The Balaban J connectivity index is 1.85. The summed E-state index contributed by atoms with van der Waals surface area (Å²) in [5.74, 6) is 0.641. The molecule has 21 heavy (non-hydrogen) atoms. The van der Waals surface area contributed by atoms with E-state index in [-0.39, 0.29) is 5.91 Å². The molecule has 1 amide bonds. The van der Waals surface area contributed by atoms with Gasteiger partial charge >= 0.3 is 0 Å². The summed E-state index contributed by atoms with van der Waals surface area (Å²) in [4.78, 5) is 16.3. The number of amides is 1. The zero-order chi connectivity index (χ0) is 15.1. The summed E-state index contributed by atoms with van der Waals surface area (Å²) in [7, 11) is 1.88. The smallest absolute Gasteiger partial charge is 0.251 e. The van der Waals surface area contributed by atoms with Crippen molar-refractivity contribution in [3.8, 4) is 0 Å². The van der Waals surface area contributed by atoms with Crippen LogP contribution < -0.4 is 10.6 Å². The quantitative estimate of drug-likeness (QED) is 0.811. The molecule has 0 bridgehead atoms. The normalized spacial score (nSPS) is 10.4. The Labute approximate surface area is 124 Å². The van der Waals surface area contributed by atoms with Crippen molar-refractivity contribution in [2.45, 2.75) is 19.8 Å². The summed E-state index contributed by atoms with van der Waals surface area (Å²) in [6.45, 7) is 3.49. The van der Waals surface area contributed by atoms with Gasteiger partial charge in [0, 0.05) is 44.5 Å². The van der Waals surface area contributed by atoms with Crippen LogP contribution in [0.4, 0.5) is 5.82 Å². The molecule has 0 aromatic carbocycles. The van der Waals surface area contributed by atoms with Crippen LogP contribution in [0.15, 0.2) is 30.6 Å². The number of hydrogen-bond acceptors (Lipinski definition) is 4. The molecule has 0 atom stereocenters. The van der Waals surface area contributed by atoms with Gasteiger partial charge in [0.05, 0.1) is 5.69 Å². The minimum atomic E-state index is -0.0899. The van der Waals surface area contributed by atoms with Crippen LogP contribution >= 0.6 is 0 Å². The Bertz CT molecular complexity index is 593. The highest BCUT2D eigenvalue weighted by Crippen LogP contribution is 2.06. The van der Waals surface area contributed by atoms with Gasteiger partial charge in [0.25, 0.3) is 5.91 Å². The van der Waals surface area contributed by atoms with E-state index in [0.717, 1.165) is 30.9 Å². The highest BCUT2D eigenvalue weighted by molar-refractivity contribution is 5.94. The van der Waals surface area contributed by atoms with Gasteiger partial charge in [-0.05, 0) is 24.6 Å². The molecule has 0 unspecified atom stereocenters. The lowest BCUT2D eigenvalue weighted by atomic mass is 10.2. The standard InChI is InChI=1S/C15H21N5O/c1-3-7-16-14-11-12(4-8-17-14)15(21)18-9-5-13-6-10-20(2)19-13/h4,6,8,10-11H,3,5,7,9H2,1-2H3,(H,16,17)(H,18,21). The van der Waals surface area contributed by atoms with Gasteiger partial charge in [-0.2, -0.15) is 5.10 Å². The zero-order valence-corrected chi connectivity index (χ0v) is 12.5. The fourth-order valence-electron chi connectivity index (χ4n) is 1.92. The number of nitrogens with one attached hydrogen (secondary N) is 2. The van der Waals surface area contributed by atoms with Crippen LogP contribution in [0, 0.1) is 0 Å². The third-order valence-corrected chi connectivity index (χ3v) is 3.01. The molecule has 6 nitrogen and oxygen atoms in total. The molecule has 2 N–H and O–H groups in total. The van der Waals surface area contributed by atoms with Crippen LogP contribution in [-0.4, -0.2) is 33.8 Å². The van der Waals surface area contributed by atoms with Gasteiger partial charge < -0.3 is 10.6 Å². The number of anilines is 1. The minimum absolute atomic E-state index is 0.0899. The van der Waals surface area contributed by atoms with Crippen molar-refractivity contribution < 1.29 is 4.79 Å². The second-order valence-electron chi connectivity index (χ2n) is 4.84. The Morgan fingerprint density at radius 3 is 2.90 bits per heavy atom. The lowest BCUT2D eigenvalue weighted by molar-refractivity contribution is 0.0954. The lowest BCUT2D eigenvalue weighted by Gasteiger charge is -2.07. The SMILES string of the molecule is CCCNc1cc(C(=O)NCCc2ccn(C)n2)ccn1. The molecule has 0 fully saturated rings. The van der Waals surface area contributed by atoms with Crippen LogP contribution in [-0.2, 0) is 13.5 Å². The van der Waals surface area contributed by atoms with Crippen molar-refractivity contribution in [2.75, 3.05) is 18.4 Å². The lowest BCUT2D eigenvalue weighted by Crippen LogP contribution is -2.26. The van der Waals surface area contributed by atoms with Crippen LogP contribution in [0.1, 0.15) is 29.4 Å². The van der Waals surface area contributed by atoms with Gasteiger partial charge in [0.1, 0.15) is 5.82 Å². The van der Waals surface area contributed by atoms with Crippen LogP contribution in [0.25, 0.3) is 0 Å². The van der Waals surface area contributed by atoms with Crippen molar-refractivity contribution in [2.24, 2.45) is 7.05 Å². The molecule has 2 aromatic rings. The minimum Gasteiger partial charge on any atom is -0.370 e. The number of hydrogen-bond donors (Lipinski definition) is 2. The maximum absolute atomic E-state index is 12.1. The van der Waals surface area contributed by atoms with Crippen molar-refractivity contribution in [1.29, 1.82) is 0 Å². The molecular formula is C15H21N5O. The van der Waals surface area contributed by atoms with E-state index < -0.39 is 0 Å². The van der Waals surface area contributed by atoms with Crippen LogP contribution in [0.5, 0.6) is 0 Å². The third kappa shape index (κ3) is 4.59. The van der Waals surface area contributed by atoms with Gasteiger partial charge in [0.15, 0.2) is 0 Å². The van der Waals surface area contributed by atoms with E-state index in [1.807, 2.05) is 19.3 Å². The molecule has 6 heteroatoms. The largest absolute Gasteiger partial charge is 0.370 e. The molecule has 2 rings (SSSR count). The first kappa shape index (κ1) is 15.0. The molecule has 112 valence electrons. The zero-order valence-electron chi connectivity index (χ0n) is 12.5. The van der Waals surface area contributed by atoms with Gasteiger partial charge in [0.2, 0.25) is 0 Å². The fourth-order valence-corrected chi connectivity index (χ4v) is 1.92. The summed E-state index contributed by atoms with van der Waals surface area (Å²) >= 11 is 0. The van der Waals surface area contributed by atoms with E-state index in [1.165, 1.54) is 0 Å². The summed E-state index contributed by atoms with van der Waals surface area (Å²) in [6, 6.07) is 5.43. The predicted molar refractivity (Wildman–Crippen MR) is 82.3 cm³/mol. The van der Waals surface area contributed by atoms with Crippen molar-refractivity contribution in [1.82, 2.24) is 20.1 Å². The first-order valence-corrected chi connectivity index (χ1v) is 7.15. The summed E-state index contributed by atoms with van der Waals surface area (Å²) in [6.07, 6.45) is 5.28. The van der Waals surface area contributed by atoms with Crippen molar-refractivity contribution in [3.63, 3.8) is 0 Å². The Kier molecular flexibility index (Phi) is 5.31. The molecule has 2 aromatic heterocycles. The molecule has 2 heterocycles. The van der Waals surface area contributed by atoms with E-state index in [4.69, 9.17) is 0 Å². The topological polar surface area (TPSA) is 71.8 Å². The molecule has 0 aliphatic carbocycles. The average molecular weight is 287 g/mol. The maximum Gasteiger partial charge on any atom is 0.251 e. The maximum atomic E-state index is 12.1. The summed E-state index contributed by atoms with van der Waals surface area (Å²) < 4.78 is 1.76. The Morgan fingerprint density at radius 2 is 2.19 bits per heavy atom. The van der Waals surface area contributed by atoms with Gasteiger partial charge in [-0.1, -0.05) is 6.92 Å². The molecule has 0 aliphatic rings. The van der Waals surface area contributed by atoms with Gasteiger partial charge in [-0.25, -0.2) is 4.98 Å². The predicted octanol–water partition coefficient (Wildman–Crippen LogP) is 1.61. The van der Waals surface area contributed by atoms with E-state index >= 15 is 0 Å². The number of rotatable bonds is 7. The fraction of sp³-hybridized carbons (Fsp3) is 0.400. The first-order chi connectivity index (χ1) is 10.2. The number of nitrogens with zero attached hydrogens (tertiary/aromatic N) is 3. The average Bonchev–Trinajstić information content (AvgIpc) is 2.91. The number of carbonyl (C=O) groups excluding carboxylic acids is 1. The highest BCUT2D eigenvalue weighted by atomic mass is 16.1. The van der Waals surface area contributed by atoms with E-state index in [9.17, 15) is 4.79 Å². The third-order valence-electron chi connectivity index (χ3n) is 3.01. The summed E-state index contributed by atoms with van der Waals surface area (Å²) in [5.41, 5.74) is 1.59. The second kappa shape index (κ2) is 7.42. The molecule has 0 saturated heterocycles. The Morgan fingerprint density at radius 1 is 1.33 bits per heavy atom. The number of pyridine rings is 1. The molecule has 0 saturated carbocycles. The monoisotopic (exact) mass is 287 g/mol. The van der Waals surface area contributed by atoms with Gasteiger partial charge in [-0.15, -0.1) is 0 Å². The molecule has 0 spiro atoms. The van der Waals surface area contributed by atoms with E-state index in [0.29, 0.717) is 12.1 Å². The van der Waals surface area contributed by atoms with E-state index in [2.05, 4.69) is 27.6 Å². The highest BCUT2D eigenvalue weighted by Gasteiger charge is 2.06. The van der Waals surface area contributed by atoms with Crippen molar-refractivity contribution in [3.05, 3.63) is 41.9 Å². The Hall–Kier alpha value is -2.37.